The lowest BCUT2D eigenvalue weighted by atomic mass is 10.3. The first kappa shape index (κ1) is 15.1. The maximum absolute atomic E-state index is 12.1. The average molecular weight is 271 g/mol. The van der Waals surface area contributed by atoms with Crippen LogP contribution in [0.2, 0.25) is 0 Å². The van der Waals surface area contributed by atoms with Crippen molar-refractivity contribution in [3.8, 4) is 0 Å². The number of aromatic nitrogens is 1. The minimum absolute atomic E-state index is 0.159. The third-order valence-electron chi connectivity index (χ3n) is 2.98. The summed E-state index contributed by atoms with van der Waals surface area (Å²) in [6, 6.07) is 5.62. The van der Waals surface area contributed by atoms with Crippen molar-refractivity contribution in [3.05, 3.63) is 30.1 Å². The molecular weight excluding hydrogens is 250 g/mol. The zero-order valence-corrected chi connectivity index (χ0v) is 11.7. The van der Waals surface area contributed by atoms with E-state index in [0.29, 0.717) is 19.4 Å². The molecule has 1 unspecified atom stereocenters. The molecule has 0 radical (unpaired) electrons. The van der Waals surface area contributed by atoms with Gasteiger partial charge in [0.15, 0.2) is 0 Å². The Morgan fingerprint density at radius 3 is 2.67 bits per heavy atom. The van der Waals surface area contributed by atoms with Gasteiger partial charge in [-0.15, -0.1) is 0 Å². The van der Waals surface area contributed by atoms with Crippen LogP contribution in [0.1, 0.15) is 19.0 Å². The predicted molar refractivity (Wildman–Crippen MR) is 72.6 cm³/mol. The minimum Gasteiger partial charge on any atom is -0.329 e. The van der Waals surface area contributed by atoms with E-state index in [-0.39, 0.29) is 6.54 Å². The van der Waals surface area contributed by atoms with Crippen molar-refractivity contribution < 1.29 is 8.42 Å². The molecule has 102 valence electrons. The largest absolute Gasteiger partial charge is 0.329 e. The van der Waals surface area contributed by atoms with E-state index in [1.165, 1.54) is 4.31 Å². The summed E-state index contributed by atoms with van der Waals surface area (Å²) in [5, 5.41) is -0.494. The first-order valence-electron chi connectivity index (χ1n) is 6.07. The molecule has 1 aromatic heterocycles. The molecular formula is C12H21N3O2S. The van der Waals surface area contributed by atoms with E-state index < -0.39 is 15.3 Å². The highest BCUT2D eigenvalue weighted by atomic mass is 32.2. The maximum Gasteiger partial charge on any atom is 0.217 e. The zero-order valence-electron chi connectivity index (χ0n) is 10.9. The van der Waals surface area contributed by atoms with Gasteiger partial charge < -0.3 is 5.73 Å². The standard InChI is InChI=1S/C12H21N3O2S/c1-3-12(10-13)18(16,17)15(2)9-7-11-6-4-5-8-14-11/h4-6,8,12H,3,7,9-10,13H2,1-2H3. The third-order valence-corrected chi connectivity index (χ3v) is 5.40. The van der Waals surface area contributed by atoms with E-state index in [1.54, 1.807) is 13.2 Å². The molecule has 0 amide bonds. The SMILES string of the molecule is CCC(CN)S(=O)(=O)N(C)CCc1ccccn1. The van der Waals surface area contributed by atoms with Crippen molar-refractivity contribution in [1.29, 1.82) is 0 Å². The molecule has 0 saturated heterocycles. The van der Waals surface area contributed by atoms with Crippen LogP contribution in [-0.4, -0.2) is 43.1 Å². The van der Waals surface area contributed by atoms with E-state index in [9.17, 15) is 8.42 Å². The molecule has 1 aromatic rings. The van der Waals surface area contributed by atoms with Crippen molar-refractivity contribution in [2.45, 2.75) is 25.0 Å². The van der Waals surface area contributed by atoms with E-state index in [0.717, 1.165) is 5.69 Å². The van der Waals surface area contributed by atoms with Crippen LogP contribution in [0, 0.1) is 0 Å². The Hall–Kier alpha value is -0.980. The summed E-state index contributed by atoms with van der Waals surface area (Å²) < 4.78 is 25.7. The fourth-order valence-electron chi connectivity index (χ4n) is 1.70. The van der Waals surface area contributed by atoms with Gasteiger partial charge in [-0.3, -0.25) is 4.98 Å². The molecule has 5 nitrogen and oxygen atoms in total. The summed E-state index contributed by atoms with van der Waals surface area (Å²) in [5.74, 6) is 0. The Balaban J connectivity index is 2.62. The van der Waals surface area contributed by atoms with Gasteiger partial charge in [-0.05, 0) is 18.6 Å². The Labute approximate surface area is 109 Å². The number of hydrogen-bond acceptors (Lipinski definition) is 4. The molecule has 0 aliphatic heterocycles. The van der Waals surface area contributed by atoms with Crippen molar-refractivity contribution >= 4 is 10.0 Å². The molecule has 0 aliphatic carbocycles. The van der Waals surface area contributed by atoms with Crippen LogP contribution >= 0.6 is 0 Å². The topological polar surface area (TPSA) is 76.3 Å². The summed E-state index contributed by atoms with van der Waals surface area (Å²) >= 11 is 0. The minimum atomic E-state index is -3.29. The predicted octanol–water partition coefficient (Wildman–Crippen LogP) is 0.623. The normalized spacial score (nSPS) is 13.8. The van der Waals surface area contributed by atoms with Gasteiger partial charge in [0.25, 0.3) is 0 Å². The van der Waals surface area contributed by atoms with Crippen LogP contribution in [0.5, 0.6) is 0 Å². The lowest BCUT2D eigenvalue weighted by Crippen LogP contribution is -2.40. The summed E-state index contributed by atoms with van der Waals surface area (Å²) in [7, 11) is -1.70. The monoisotopic (exact) mass is 271 g/mol. The van der Waals surface area contributed by atoms with Gasteiger partial charge in [0.2, 0.25) is 10.0 Å². The Kier molecular flexibility index (Phi) is 5.71. The number of nitrogens with two attached hydrogens (primary N) is 1. The smallest absolute Gasteiger partial charge is 0.217 e. The summed E-state index contributed by atoms with van der Waals surface area (Å²) in [6.07, 6.45) is 2.85. The maximum atomic E-state index is 12.1. The molecule has 2 N–H and O–H groups in total. The Morgan fingerprint density at radius 2 is 2.17 bits per heavy atom. The summed E-state index contributed by atoms with van der Waals surface area (Å²) in [4.78, 5) is 4.17. The van der Waals surface area contributed by atoms with E-state index in [2.05, 4.69) is 4.98 Å². The second kappa shape index (κ2) is 6.82. The van der Waals surface area contributed by atoms with Gasteiger partial charge in [0.05, 0.1) is 5.25 Å². The van der Waals surface area contributed by atoms with Crippen LogP contribution in [0.15, 0.2) is 24.4 Å². The van der Waals surface area contributed by atoms with Gasteiger partial charge >= 0.3 is 0 Å². The van der Waals surface area contributed by atoms with Crippen molar-refractivity contribution in [1.82, 2.24) is 9.29 Å². The number of pyridine rings is 1. The first-order chi connectivity index (χ1) is 8.52. The van der Waals surface area contributed by atoms with E-state index >= 15 is 0 Å². The zero-order chi connectivity index (χ0) is 13.6. The van der Waals surface area contributed by atoms with Crippen LogP contribution in [0.3, 0.4) is 0 Å². The number of nitrogens with zero attached hydrogens (tertiary/aromatic N) is 2. The Morgan fingerprint density at radius 1 is 1.44 bits per heavy atom. The number of hydrogen-bond donors (Lipinski definition) is 1. The molecule has 1 heterocycles. The lowest BCUT2D eigenvalue weighted by molar-refractivity contribution is 0.457. The molecule has 1 atom stereocenters. The molecule has 18 heavy (non-hydrogen) atoms. The number of rotatable bonds is 7. The third kappa shape index (κ3) is 3.76. The van der Waals surface area contributed by atoms with Gasteiger partial charge in [-0.1, -0.05) is 13.0 Å². The quantitative estimate of drug-likeness (QED) is 0.789. The molecule has 1 rings (SSSR count). The summed E-state index contributed by atoms with van der Waals surface area (Å²) in [5.41, 5.74) is 6.39. The lowest BCUT2D eigenvalue weighted by Gasteiger charge is -2.22. The van der Waals surface area contributed by atoms with Gasteiger partial charge in [-0.2, -0.15) is 0 Å². The highest BCUT2D eigenvalue weighted by Crippen LogP contribution is 2.10. The second-order valence-electron chi connectivity index (χ2n) is 4.20. The molecule has 6 heteroatoms. The fourth-order valence-corrected chi connectivity index (χ4v) is 3.22. The van der Waals surface area contributed by atoms with Crippen LogP contribution in [0.25, 0.3) is 0 Å². The van der Waals surface area contributed by atoms with E-state index in [1.807, 2.05) is 25.1 Å². The molecule has 0 bridgehead atoms. The fraction of sp³-hybridized carbons (Fsp3) is 0.583. The number of likely N-dealkylation sites (N-methyl/N-ethyl adjacent to an activating group) is 1. The van der Waals surface area contributed by atoms with Crippen molar-refractivity contribution in [3.63, 3.8) is 0 Å². The highest BCUT2D eigenvalue weighted by Gasteiger charge is 2.26. The highest BCUT2D eigenvalue weighted by molar-refractivity contribution is 7.89. The second-order valence-corrected chi connectivity index (χ2v) is 6.52. The Bertz CT molecular complexity index is 444. The van der Waals surface area contributed by atoms with Gasteiger partial charge in [0, 0.05) is 38.4 Å². The molecule has 0 aromatic carbocycles. The summed E-state index contributed by atoms with van der Waals surface area (Å²) in [6.45, 7) is 2.42. The first-order valence-corrected chi connectivity index (χ1v) is 7.57. The molecule has 0 spiro atoms. The van der Waals surface area contributed by atoms with Crippen LogP contribution in [0.4, 0.5) is 0 Å². The number of sulfonamides is 1. The van der Waals surface area contributed by atoms with Crippen molar-refractivity contribution in [2.24, 2.45) is 5.73 Å². The molecule has 0 aliphatic rings. The van der Waals surface area contributed by atoms with E-state index in [4.69, 9.17) is 5.73 Å². The van der Waals surface area contributed by atoms with Crippen LogP contribution in [-0.2, 0) is 16.4 Å². The average Bonchev–Trinajstić information content (AvgIpc) is 2.38. The molecule has 0 saturated carbocycles. The molecule has 0 fully saturated rings. The van der Waals surface area contributed by atoms with Gasteiger partial charge in [-0.25, -0.2) is 12.7 Å². The van der Waals surface area contributed by atoms with Crippen molar-refractivity contribution in [2.75, 3.05) is 20.1 Å². The van der Waals surface area contributed by atoms with Crippen LogP contribution < -0.4 is 5.73 Å². The van der Waals surface area contributed by atoms with Gasteiger partial charge in [0.1, 0.15) is 0 Å².